The monoisotopic (exact) mass is 386 g/mol. The Balaban J connectivity index is 1.87. The van der Waals surface area contributed by atoms with Gasteiger partial charge in [-0.25, -0.2) is 4.68 Å². The van der Waals surface area contributed by atoms with E-state index in [0.717, 1.165) is 33.8 Å². The summed E-state index contributed by atoms with van der Waals surface area (Å²) in [6.07, 6.45) is 0. The number of allylic oxidation sites excluding steroid dienone is 1. The number of rotatable bonds is 4. The van der Waals surface area contributed by atoms with Crippen LogP contribution in [0.1, 0.15) is 35.2 Å². The molecular weight excluding hydrogens is 364 g/mol. The summed E-state index contributed by atoms with van der Waals surface area (Å²) >= 11 is 0. The molecule has 4 rings (SSSR count). The van der Waals surface area contributed by atoms with E-state index >= 15 is 0 Å². The van der Waals surface area contributed by atoms with Crippen molar-refractivity contribution in [2.45, 2.75) is 26.7 Å². The number of nitriles is 1. The van der Waals surface area contributed by atoms with Crippen molar-refractivity contribution in [3.8, 4) is 23.4 Å². The van der Waals surface area contributed by atoms with Crippen LogP contribution in [0.4, 0.5) is 0 Å². The van der Waals surface area contributed by atoms with E-state index in [4.69, 9.17) is 20.3 Å². The molecule has 0 saturated heterocycles. The lowest BCUT2D eigenvalue weighted by Crippen LogP contribution is -2.22. The van der Waals surface area contributed by atoms with Crippen molar-refractivity contribution in [2.75, 3.05) is 6.61 Å². The Morgan fingerprint density at radius 3 is 2.45 bits per heavy atom. The van der Waals surface area contributed by atoms with Crippen LogP contribution in [-0.4, -0.2) is 16.4 Å². The van der Waals surface area contributed by atoms with Gasteiger partial charge in [0.15, 0.2) is 0 Å². The highest BCUT2D eigenvalue weighted by molar-refractivity contribution is 5.57. The minimum atomic E-state index is -0.348. The van der Waals surface area contributed by atoms with Crippen molar-refractivity contribution in [2.24, 2.45) is 5.73 Å². The molecule has 0 radical (unpaired) electrons. The second-order valence-corrected chi connectivity index (χ2v) is 6.98. The zero-order valence-electron chi connectivity index (χ0n) is 16.6. The van der Waals surface area contributed by atoms with Crippen LogP contribution in [0, 0.1) is 25.2 Å². The van der Waals surface area contributed by atoms with Crippen LogP contribution < -0.4 is 15.2 Å². The molecule has 29 heavy (non-hydrogen) atoms. The number of nitrogens with two attached hydrogens (primary N) is 1. The van der Waals surface area contributed by atoms with Gasteiger partial charge in [0.05, 0.1) is 29.5 Å². The molecule has 0 saturated carbocycles. The summed E-state index contributed by atoms with van der Waals surface area (Å²) in [5.74, 6) is 1.08. The van der Waals surface area contributed by atoms with Crippen LogP contribution in [0.2, 0.25) is 0 Å². The van der Waals surface area contributed by atoms with Crippen molar-refractivity contribution in [1.29, 1.82) is 5.26 Å². The second kappa shape index (κ2) is 7.36. The maximum Gasteiger partial charge on any atom is 0.229 e. The Hall–Kier alpha value is -3.72. The summed E-state index contributed by atoms with van der Waals surface area (Å²) in [4.78, 5) is 0. The van der Waals surface area contributed by atoms with Crippen LogP contribution in [0.25, 0.3) is 5.69 Å². The van der Waals surface area contributed by atoms with E-state index in [-0.39, 0.29) is 11.8 Å². The Bertz CT molecular complexity index is 1120. The number of hydrogen-bond acceptors (Lipinski definition) is 5. The van der Waals surface area contributed by atoms with Crippen molar-refractivity contribution in [3.05, 3.63) is 82.4 Å². The van der Waals surface area contributed by atoms with Crippen LogP contribution in [0.3, 0.4) is 0 Å². The Morgan fingerprint density at radius 1 is 1.14 bits per heavy atom. The van der Waals surface area contributed by atoms with Gasteiger partial charge in [0.2, 0.25) is 11.8 Å². The first-order valence-corrected chi connectivity index (χ1v) is 9.50. The zero-order valence-corrected chi connectivity index (χ0v) is 16.6. The quantitative estimate of drug-likeness (QED) is 0.729. The lowest BCUT2D eigenvalue weighted by Gasteiger charge is -2.25. The van der Waals surface area contributed by atoms with Crippen molar-refractivity contribution < 1.29 is 9.47 Å². The third-order valence-corrected chi connectivity index (χ3v) is 5.04. The Morgan fingerprint density at radius 2 is 1.83 bits per heavy atom. The maximum atomic E-state index is 9.78. The molecule has 6 heteroatoms. The van der Waals surface area contributed by atoms with Gasteiger partial charge in [-0.3, -0.25) is 0 Å². The molecule has 0 amide bonds. The molecule has 1 aliphatic rings. The molecule has 6 nitrogen and oxygen atoms in total. The van der Waals surface area contributed by atoms with Gasteiger partial charge in [0, 0.05) is 0 Å². The van der Waals surface area contributed by atoms with Crippen LogP contribution in [-0.2, 0) is 0 Å². The van der Waals surface area contributed by atoms with Gasteiger partial charge in [-0.05, 0) is 50.6 Å². The molecule has 2 aromatic carbocycles. The number of fused-ring (bicyclic) bond motifs is 1. The van der Waals surface area contributed by atoms with E-state index < -0.39 is 0 Å². The van der Waals surface area contributed by atoms with Crippen molar-refractivity contribution in [1.82, 2.24) is 9.78 Å². The van der Waals surface area contributed by atoms with Gasteiger partial charge in [-0.15, -0.1) is 0 Å². The summed E-state index contributed by atoms with van der Waals surface area (Å²) in [5, 5.41) is 14.5. The third-order valence-electron chi connectivity index (χ3n) is 5.04. The number of nitrogens with zero attached hydrogens (tertiary/aromatic N) is 3. The fourth-order valence-corrected chi connectivity index (χ4v) is 3.63. The first kappa shape index (κ1) is 18.6. The molecule has 2 N–H and O–H groups in total. The molecule has 0 spiro atoms. The summed E-state index contributed by atoms with van der Waals surface area (Å²) in [6.45, 7) is 6.50. The Labute approximate surface area is 169 Å². The molecule has 1 aromatic heterocycles. The van der Waals surface area contributed by atoms with Crippen molar-refractivity contribution in [3.63, 3.8) is 0 Å². The number of hydrogen-bond donors (Lipinski definition) is 1. The molecule has 3 aromatic rings. The lowest BCUT2D eigenvalue weighted by molar-refractivity contribution is 0.340. The van der Waals surface area contributed by atoms with Crippen LogP contribution in [0.15, 0.2) is 60.0 Å². The topological polar surface area (TPSA) is 86.1 Å². The summed E-state index contributed by atoms with van der Waals surface area (Å²) in [7, 11) is 0. The average Bonchev–Trinajstić information content (AvgIpc) is 3.04. The highest BCUT2D eigenvalue weighted by Crippen LogP contribution is 2.44. The molecule has 0 fully saturated rings. The van der Waals surface area contributed by atoms with Gasteiger partial charge in [0.25, 0.3) is 0 Å². The minimum absolute atomic E-state index is 0.104. The van der Waals surface area contributed by atoms with E-state index in [9.17, 15) is 5.26 Å². The van der Waals surface area contributed by atoms with Crippen LogP contribution in [0.5, 0.6) is 11.6 Å². The highest BCUT2D eigenvalue weighted by Gasteiger charge is 2.36. The third kappa shape index (κ3) is 3.21. The van der Waals surface area contributed by atoms with E-state index in [2.05, 4.69) is 6.07 Å². The average molecular weight is 386 g/mol. The van der Waals surface area contributed by atoms with Gasteiger partial charge in [-0.2, -0.15) is 10.4 Å². The molecule has 1 atom stereocenters. The molecule has 1 aliphatic heterocycles. The van der Waals surface area contributed by atoms with Gasteiger partial charge in [-0.1, -0.05) is 29.8 Å². The molecule has 2 heterocycles. The standard InChI is InChI=1S/C23H22N4O2/c1-4-28-18-11-7-16(8-12-18)21-19(13-24)22(25)29-23-20(21)15(3)26-27(23)17-9-5-14(2)6-10-17/h5-12,21H,4,25H2,1-3H3/t21-/m0/s1. The predicted molar refractivity (Wildman–Crippen MR) is 110 cm³/mol. The maximum absolute atomic E-state index is 9.78. The van der Waals surface area contributed by atoms with E-state index in [0.29, 0.717) is 18.1 Å². The molecular formula is C23H22N4O2. The SMILES string of the molecule is CCOc1ccc([C@H]2C(C#N)=C(N)Oc3c2c(C)nn3-c2ccc(C)cc2)cc1. The smallest absolute Gasteiger partial charge is 0.229 e. The Kier molecular flexibility index (Phi) is 4.73. The second-order valence-electron chi connectivity index (χ2n) is 6.98. The predicted octanol–water partition coefficient (Wildman–Crippen LogP) is 4.11. The summed E-state index contributed by atoms with van der Waals surface area (Å²) in [5.41, 5.74) is 11.1. The van der Waals surface area contributed by atoms with Crippen molar-refractivity contribution >= 4 is 0 Å². The number of aromatic nitrogens is 2. The number of aryl methyl sites for hydroxylation is 2. The molecule has 0 bridgehead atoms. The number of ether oxygens (including phenoxy) is 2. The van der Waals surface area contributed by atoms with E-state index in [1.54, 1.807) is 4.68 Å². The van der Waals surface area contributed by atoms with Crippen LogP contribution >= 0.6 is 0 Å². The molecule has 146 valence electrons. The van der Waals surface area contributed by atoms with E-state index in [1.807, 2.05) is 69.3 Å². The normalized spacial score (nSPS) is 15.4. The van der Waals surface area contributed by atoms with Gasteiger partial charge < -0.3 is 15.2 Å². The fraction of sp³-hybridized carbons (Fsp3) is 0.217. The molecule has 0 unspecified atom stereocenters. The first-order valence-electron chi connectivity index (χ1n) is 9.50. The summed E-state index contributed by atoms with van der Waals surface area (Å²) in [6, 6.07) is 17.9. The highest BCUT2D eigenvalue weighted by atomic mass is 16.5. The largest absolute Gasteiger partial charge is 0.494 e. The molecule has 0 aliphatic carbocycles. The van der Waals surface area contributed by atoms with Gasteiger partial charge in [0.1, 0.15) is 17.4 Å². The lowest BCUT2D eigenvalue weighted by atomic mass is 9.84. The van der Waals surface area contributed by atoms with E-state index in [1.165, 1.54) is 0 Å². The van der Waals surface area contributed by atoms with Gasteiger partial charge >= 0.3 is 0 Å². The summed E-state index contributed by atoms with van der Waals surface area (Å²) < 4.78 is 13.2. The first-order chi connectivity index (χ1) is 14.0. The zero-order chi connectivity index (χ0) is 20.5. The number of benzene rings is 2. The minimum Gasteiger partial charge on any atom is -0.494 e. The fourth-order valence-electron chi connectivity index (χ4n) is 3.63.